The number of imide groups is 2. The topological polar surface area (TPSA) is 109 Å². The summed E-state index contributed by atoms with van der Waals surface area (Å²) in [5.41, 5.74) is 2.57. The normalized spacial score (nSPS) is 21.1. The Bertz CT molecular complexity index is 1140. The van der Waals surface area contributed by atoms with Crippen LogP contribution in [-0.4, -0.2) is 64.2 Å². The number of hydrogen-bond acceptors (Lipinski definition) is 7. The van der Waals surface area contributed by atoms with Gasteiger partial charge in [-0.05, 0) is 37.1 Å². The van der Waals surface area contributed by atoms with Gasteiger partial charge in [-0.15, -0.1) is 0 Å². The molecular formula is C24H24N4O5. The highest BCUT2D eigenvalue weighted by Gasteiger charge is 2.46. The van der Waals surface area contributed by atoms with Crippen LogP contribution in [0.3, 0.4) is 0 Å². The number of carbonyl (C=O) groups is 4. The van der Waals surface area contributed by atoms with Crippen molar-refractivity contribution in [3.63, 3.8) is 0 Å². The third-order valence-electron chi connectivity index (χ3n) is 6.32. The summed E-state index contributed by atoms with van der Waals surface area (Å²) in [4.78, 5) is 57.3. The summed E-state index contributed by atoms with van der Waals surface area (Å²) >= 11 is 0. The Morgan fingerprint density at radius 2 is 1.91 bits per heavy atom. The Morgan fingerprint density at radius 3 is 2.64 bits per heavy atom. The van der Waals surface area contributed by atoms with Crippen LogP contribution in [0.1, 0.15) is 44.8 Å². The Hall–Kier alpha value is -3.59. The molecule has 0 saturated carbocycles. The highest BCUT2D eigenvalue weighted by molar-refractivity contribution is 6.24. The van der Waals surface area contributed by atoms with Crippen LogP contribution in [-0.2, 0) is 16.1 Å². The fourth-order valence-corrected chi connectivity index (χ4v) is 4.57. The number of pyridine rings is 1. The van der Waals surface area contributed by atoms with Crippen LogP contribution in [0.4, 0.5) is 0 Å². The van der Waals surface area contributed by atoms with E-state index in [9.17, 15) is 19.2 Å². The molecule has 0 bridgehead atoms. The smallest absolute Gasteiger partial charge is 0.266 e. The molecule has 5 rings (SSSR count). The van der Waals surface area contributed by atoms with Crippen LogP contribution in [0.2, 0.25) is 0 Å². The van der Waals surface area contributed by atoms with E-state index < -0.39 is 29.7 Å². The van der Waals surface area contributed by atoms with Gasteiger partial charge in [0.05, 0.1) is 17.7 Å². The fraction of sp³-hybridized carbons (Fsp3) is 0.375. The Labute approximate surface area is 190 Å². The number of ether oxygens (including phenoxy) is 1. The lowest BCUT2D eigenvalue weighted by molar-refractivity contribution is -0.136. The molecule has 0 aliphatic carbocycles. The predicted octanol–water partition coefficient (Wildman–Crippen LogP) is 1.30. The van der Waals surface area contributed by atoms with Gasteiger partial charge in [-0.1, -0.05) is 12.1 Å². The molecule has 2 saturated heterocycles. The first-order chi connectivity index (χ1) is 15.9. The zero-order valence-electron chi connectivity index (χ0n) is 18.2. The lowest BCUT2D eigenvalue weighted by Crippen LogP contribution is -2.54. The molecule has 33 heavy (non-hydrogen) atoms. The fourth-order valence-electron chi connectivity index (χ4n) is 4.57. The number of nitrogens with zero attached hydrogens (tertiary/aromatic N) is 3. The number of carbonyl (C=O) groups excluding carboxylic acids is 4. The van der Waals surface area contributed by atoms with Crippen LogP contribution >= 0.6 is 0 Å². The van der Waals surface area contributed by atoms with E-state index in [1.807, 2.05) is 19.2 Å². The molecule has 2 fully saturated rings. The molecule has 1 atom stereocenters. The van der Waals surface area contributed by atoms with Crippen molar-refractivity contribution in [3.8, 4) is 5.75 Å². The lowest BCUT2D eigenvalue weighted by atomic mass is 10.0. The van der Waals surface area contributed by atoms with Crippen molar-refractivity contribution in [2.24, 2.45) is 5.92 Å². The van der Waals surface area contributed by atoms with Crippen molar-refractivity contribution in [3.05, 3.63) is 58.9 Å². The van der Waals surface area contributed by atoms with E-state index in [-0.39, 0.29) is 24.0 Å². The van der Waals surface area contributed by atoms with Gasteiger partial charge in [-0.3, -0.25) is 39.3 Å². The van der Waals surface area contributed by atoms with E-state index in [1.54, 1.807) is 18.2 Å². The highest BCUT2D eigenvalue weighted by atomic mass is 16.5. The summed E-state index contributed by atoms with van der Waals surface area (Å²) in [5.74, 6) is -1.44. The van der Waals surface area contributed by atoms with Gasteiger partial charge in [0.25, 0.3) is 11.8 Å². The number of aromatic nitrogens is 1. The second-order valence-corrected chi connectivity index (χ2v) is 8.80. The van der Waals surface area contributed by atoms with Crippen molar-refractivity contribution in [1.29, 1.82) is 0 Å². The number of amides is 4. The molecule has 170 valence electrons. The van der Waals surface area contributed by atoms with Crippen LogP contribution in [0.15, 0.2) is 36.5 Å². The van der Waals surface area contributed by atoms with Crippen LogP contribution < -0.4 is 10.1 Å². The first-order valence-electron chi connectivity index (χ1n) is 11.0. The largest absolute Gasteiger partial charge is 0.492 e. The van der Waals surface area contributed by atoms with Crippen LogP contribution in [0, 0.1) is 12.8 Å². The molecule has 4 amide bonds. The average molecular weight is 448 g/mol. The number of hydrogen-bond donors (Lipinski definition) is 1. The molecule has 9 heteroatoms. The third kappa shape index (κ3) is 4.00. The number of nitrogens with one attached hydrogen (secondary N) is 1. The van der Waals surface area contributed by atoms with Gasteiger partial charge in [-0.25, -0.2) is 0 Å². The zero-order valence-corrected chi connectivity index (χ0v) is 18.2. The maximum absolute atomic E-state index is 13.1. The van der Waals surface area contributed by atoms with E-state index in [0.29, 0.717) is 18.3 Å². The summed E-state index contributed by atoms with van der Waals surface area (Å²) in [5, 5.41) is 2.20. The summed E-state index contributed by atoms with van der Waals surface area (Å²) in [6, 6.07) is 8.00. The van der Waals surface area contributed by atoms with Crippen LogP contribution in [0.25, 0.3) is 0 Å². The van der Waals surface area contributed by atoms with Crippen LogP contribution in [0.5, 0.6) is 5.75 Å². The quantitative estimate of drug-likeness (QED) is 0.664. The van der Waals surface area contributed by atoms with E-state index in [2.05, 4.69) is 21.3 Å². The third-order valence-corrected chi connectivity index (χ3v) is 6.32. The van der Waals surface area contributed by atoms with E-state index >= 15 is 0 Å². The Morgan fingerprint density at radius 1 is 1.09 bits per heavy atom. The molecule has 2 aromatic rings. The van der Waals surface area contributed by atoms with Crippen molar-refractivity contribution in [2.75, 3.05) is 19.7 Å². The standard InChI is InChI=1S/C24H24N4O5/c1-14-5-6-15(9-25-14)10-27-11-16(12-27)13-33-19-4-2-3-17-21(19)24(32)28(23(17)31)18-7-8-20(29)26-22(18)30/h2-6,9,16,18H,7-8,10-13H2,1H3,(H,26,29,30). The average Bonchev–Trinajstić information content (AvgIpc) is 3.02. The molecule has 4 heterocycles. The van der Waals surface area contributed by atoms with Gasteiger partial charge in [0, 0.05) is 43.9 Å². The van der Waals surface area contributed by atoms with E-state index in [0.717, 1.165) is 30.2 Å². The molecule has 9 nitrogen and oxygen atoms in total. The molecule has 1 aromatic heterocycles. The highest BCUT2D eigenvalue weighted by Crippen LogP contribution is 2.34. The number of fused-ring (bicyclic) bond motifs is 1. The first kappa shape index (κ1) is 21.3. The van der Waals surface area contributed by atoms with Gasteiger partial charge in [0.1, 0.15) is 11.8 Å². The number of rotatable bonds is 6. The molecule has 1 N–H and O–H groups in total. The minimum absolute atomic E-state index is 0.0873. The minimum atomic E-state index is -0.987. The first-order valence-corrected chi connectivity index (χ1v) is 11.0. The number of piperidine rings is 1. The SMILES string of the molecule is Cc1ccc(CN2CC(COc3cccc4c3C(=O)N(C3CCC(=O)NC3=O)C4=O)C2)cn1. The van der Waals surface area contributed by atoms with Crippen molar-refractivity contribution in [1.82, 2.24) is 20.1 Å². The van der Waals surface area contributed by atoms with Crippen molar-refractivity contribution >= 4 is 23.6 Å². The molecular weight excluding hydrogens is 424 g/mol. The predicted molar refractivity (Wildman–Crippen MR) is 116 cm³/mol. The second-order valence-electron chi connectivity index (χ2n) is 8.80. The summed E-state index contributed by atoms with van der Waals surface area (Å²) < 4.78 is 5.97. The van der Waals surface area contributed by atoms with E-state index in [1.165, 1.54) is 5.56 Å². The summed E-state index contributed by atoms with van der Waals surface area (Å²) in [6.07, 6.45) is 2.11. The molecule has 0 spiro atoms. The number of likely N-dealkylation sites (tertiary alicyclic amines) is 1. The van der Waals surface area contributed by atoms with Gasteiger partial charge in [0.2, 0.25) is 11.8 Å². The number of aryl methyl sites for hydroxylation is 1. The van der Waals surface area contributed by atoms with Gasteiger partial charge >= 0.3 is 0 Å². The summed E-state index contributed by atoms with van der Waals surface area (Å²) in [6.45, 7) is 4.97. The second kappa shape index (κ2) is 8.40. The molecule has 0 radical (unpaired) electrons. The number of benzene rings is 1. The molecule has 3 aliphatic heterocycles. The van der Waals surface area contributed by atoms with Gasteiger partial charge in [-0.2, -0.15) is 0 Å². The molecule has 1 unspecified atom stereocenters. The Kier molecular flexibility index (Phi) is 5.41. The van der Waals surface area contributed by atoms with Crippen molar-refractivity contribution in [2.45, 2.75) is 32.4 Å². The van der Waals surface area contributed by atoms with E-state index in [4.69, 9.17) is 4.74 Å². The monoisotopic (exact) mass is 448 g/mol. The Balaban J connectivity index is 1.21. The maximum atomic E-state index is 13.1. The summed E-state index contributed by atoms with van der Waals surface area (Å²) in [7, 11) is 0. The maximum Gasteiger partial charge on any atom is 0.266 e. The van der Waals surface area contributed by atoms with Gasteiger partial charge < -0.3 is 4.74 Å². The lowest BCUT2D eigenvalue weighted by Gasteiger charge is -2.39. The molecule has 3 aliphatic rings. The minimum Gasteiger partial charge on any atom is -0.492 e. The van der Waals surface area contributed by atoms with Gasteiger partial charge in [0.15, 0.2) is 0 Å². The molecule has 1 aromatic carbocycles. The zero-order chi connectivity index (χ0) is 23.1. The van der Waals surface area contributed by atoms with Crippen molar-refractivity contribution < 1.29 is 23.9 Å².